The first-order chi connectivity index (χ1) is 5.91. The summed E-state index contributed by atoms with van der Waals surface area (Å²) in [5.74, 6) is 0.540. The van der Waals surface area contributed by atoms with Crippen molar-refractivity contribution in [1.82, 2.24) is 5.32 Å². The van der Waals surface area contributed by atoms with Crippen molar-refractivity contribution in [3.05, 3.63) is 23.5 Å². The van der Waals surface area contributed by atoms with E-state index in [0.29, 0.717) is 5.92 Å². The molecule has 0 aromatic heterocycles. The fraction of sp³-hybridized carbons (Fsp3) is 0.636. The second kappa shape index (κ2) is 3.54. The lowest BCUT2D eigenvalue weighted by molar-refractivity contribution is 0.116. The Kier molecular flexibility index (Phi) is 2.81. The van der Waals surface area contributed by atoms with Gasteiger partial charge in [-0.3, -0.25) is 0 Å². The van der Waals surface area contributed by atoms with Crippen LogP contribution in [0.25, 0.3) is 0 Å². The average molecular weight is 181 g/mol. The van der Waals surface area contributed by atoms with Crippen LogP contribution in [-0.2, 0) is 0 Å². The molecule has 0 unspecified atom stereocenters. The number of nitrogens with one attached hydrogen (secondary N) is 1. The molecule has 1 aliphatic rings. The van der Waals surface area contributed by atoms with E-state index < -0.39 is 5.60 Å². The third kappa shape index (κ3) is 2.59. The smallest absolute Gasteiger partial charge is 0.0820 e. The first kappa shape index (κ1) is 10.3. The van der Waals surface area contributed by atoms with Gasteiger partial charge in [0.2, 0.25) is 0 Å². The molecule has 0 radical (unpaired) electrons. The highest BCUT2D eigenvalue weighted by atomic mass is 16.3. The zero-order valence-electron chi connectivity index (χ0n) is 8.89. The number of hydrogen-bond acceptors (Lipinski definition) is 2. The van der Waals surface area contributed by atoms with Gasteiger partial charge in [0.15, 0.2) is 0 Å². The molecule has 0 saturated heterocycles. The van der Waals surface area contributed by atoms with Crippen LogP contribution in [0.3, 0.4) is 0 Å². The quantitative estimate of drug-likeness (QED) is 0.684. The molecule has 74 valence electrons. The maximum atomic E-state index is 9.81. The van der Waals surface area contributed by atoms with E-state index in [2.05, 4.69) is 19.2 Å². The molecule has 0 atom stereocenters. The fourth-order valence-corrected chi connectivity index (χ4v) is 1.33. The Morgan fingerprint density at radius 3 is 2.46 bits per heavy atom. The van der Waals surface area contributed by atoms with Gasteiger partial charge in [0.1, 0.15) is 0 Å². The summed E-state index contributed by atoms with van der Waals surface area (Å²) in [6.45, 7) is 7.98. The van der Waals surface area contributed by atoms with Gasteiger partial charge in [-0.05, 0) is 37.3 Å². The van der Waals surface area contributed by atoms with Crippen LogP contribution in [0, 0.1) is 5.92 Å². The van der Waals surface area contributed by atoms with Gasteiger partial charge in [-0.15, -0.1) is 0 Å². The minimum atomic E-state index is -0.707. The Morgan fingerprint density at radius 2 is 2.00 bits per heavy atom. The van der Waals surface area contributed by atoms with Crippen LogP contribution < -0.4 is 5.32 Å². The molecule has 0 aromatic carbocycles. The van der Waals surface area contributed by atoms with E-state index in [4.69, 9.17) is 0 Å². The molecule has 0 spiro atoms. The van der Waals surface area contributed by atoms with Gasteiger partial charge in [-0.25, -0.2) is 0 Å². The van der Waals surface area contributed by atoms with E-state index >= 15 is 0 Å². The minimum absolute atomic E-state index is 0.540. The zero-order valence-corrected chi connectivity index (χ0v) is 8.89. The molecular formula is C11H19NO. The van der Waals surface area contributed by atoms with Crippen LogP contribution in [0.1, 0.15) is 34.1 Å². The van der Waals surface area contributed by atoms with Crippen molar-refractivity contribution in [2.75, 3.05) is 0 Å². The summed E-state index contributed by atoms with van der Waals surface area (Å²) in [5.41, 5.74) is 1.69. The molecule has 0 saturated carbocycles. The lowest BCUT2D eigenvalue weighted by Crippen LogP contribution is -2.26. The van der Waals surface area contributed by atoms with E-state index in [0.717, 1.165) is 12.0 Å². The number of aliphatic hydroxyl groups is 1. The molecule has 0 amide bonds. The van der Waals surface area contributed by atoms with E-state index in [1.165, 1.54) is 5.57 Å². The van der Waals surface area contributed by atoms with Crippen molar-refractivity contribution in [2.24, 2.45) is 5.92 Å². The Morgan fingerprint density at radius 1 is 1.38 bits per heavy atom. The molecule has 1 rings (SSSR count). The predicted molar refractivity (Wildman–Crippen MR) is 55.1 cm³/mol. The van der Waals surface area contributed by atoms with Gasteiger partial charge >= 0.3 is 0 Å². The van der Waals surface area contributed by atoms with E-state index in [-0.39, 0.29) is 0 Å². The zero-order chi connectivity index (χ0) is 10.1. The maximum Gasteiger partial charge on any atom is 0.0820 e. The summed E-state index contributed by atoms with van der Waals surface area (Å²) >= 11 is 0. The highest BCUT2D eigenvalue weighted by Gasteiger charge is 2.22. The molecule has 2 heteroatoms. The van der Waals surface area contributed by atoms with Crippen LogP contribution >= 0.6 is 0 Å². The summed E-state index contributed by atoms with van der Waals surface area (Å²) < 4.78 is 0. The SMILES string of the molecule is CC(C)C1=CNC=C(C(C)(C)O)C1. The van der Waals surface area contributed by atoms with E-state index in [1.54, 1.807) is 0 Å². The van der Waals surface area contributed by atoms with Crippen LogP contribution in [-0.4, -0.2) is 10.7 Å². The van der Waals surface area contributed by atoms with Gasteiger partial charge in [0, 0.05) is 12.4 Å². The van der Waals surface area contributed by atoms with Crippen molar-refractivity contribution in [1.29, 1.82) is 0 Å². The monoisotopic (exact) mass is 181 g/mol. The highest BCUT2D eigenvalue weighted by molar-refractivity contribution is 5.26. The average Bonchev–Trinajstić information content (AvgIpc) is 2.03. The molecule has 0 bridgehead atoms. The molecule has 1 aliphatic heterocycles. The van der Waals surface area contributed by atoms with Gasteiger partial charge in [-0.1, -0.05) is 13.8 Å². The molecule has 0 fully saturated rings. The van der Waals surface area contributed by atoms with Crippen molar-refractivity contribution in [3.63, 3.8) is 0 Å². The third-order valence-electron chi connectivity index (χ3n) is 2.45. The van der Waals surface area contributed by atoms with Crippen molar-refractivity contribution in [3.8, 4) is 0 Å². The summed E-state index contributed by atoms with van der Waals surface area (Å²) in [7, 11) is 0. The first-order valence-electron chi connectivity index (χ1n) is 4.78. The Hall–Kier alpha value is -0.760. The molecule has 0 aromatic rings. The highest BCUT2D eigenvalue weighted by Crippen LogP contribution is 2.27. The number of rotatable bonds is 2. The van der Waals surface area contributed by atoms with Gasteiger partial charge in [0.25, 0.3) is 0 Å². The van der Waals surface area contributed by atoms with E-state index in [9.17, 15) is 5.11 Å². The van der Waals surface area contributed by atoms with Gasteiger partial charge in [0.05, 0.1) is 5.60 Å². The lowest BCUT2D eigenvalue weighted by atomic mass is 9.87. The van der Waals surface area contributed by atoms with Gasteiger partial charge < -0.3 is 10.4 Å². The van der Waals surface area contributed by atoms with E-state index in [1.807, 2.05) is 26.2 Å². The summed E-state index contributed by atoms with van der Waals surface area (Å²) in [6.07, 6.45) is 4.81. The molecule has 2 nitrogen and oxygen atoms in total. The first-order valence-corrected chi connectivity index (χ1v) is 4.78. The second-order valence-electron chi connectivity index (χ2n) is 4.45. The van der Waals surface area contributed by atoms with Crippen molar-refractivity contribution in [2.45, 2.75) is 39.7 Å². The van der Waals surface area contributed by atoms with Crippen LogP contribution in [0.5, 0.6) is 0 Å². The van der Waals surface area contributed by atoms with Gasteiger partial charge in [-0.2, -0.15) is 0 Å². The Labute approximate surface area is 80.3 Å². The van der Waals surface area contributed by atoms with Crippen molar-refractivity contribution >= 4 is 0 Å². The second-order valence-corrected chi connectivity index (χ2v) is 4.45. The Balaban J connectivity index is 2.71. The molecule has 2 N–H and O–H groups in total. The number of dihydropyridines is 1. The fourth-order valence-electron chi connectivity index (χ4n) is 1.33. The normalized spacial score (nSPS) is 18.0. The standard InChI is InChI=1S/C11H19NO/c1-8(2)9-5-10(7-12-6-9)11(3,4)13/h6-8,12-13H,5H2,1-4H3. The number of hydrogen-bond donors (Lipinski definition) is 2. The topological polar surface area (TPSA) is 32.3 Å². The van der Waals surface area contributed by atoms with Crippen molar-refractivity contribution < 1.29 is 5.11 Å². The van der Waals surface area contributed by atoms with Crippen LogP contribution in [0.2, 0.25) is 0 Å². The molecule has 0 aliphatic carbocycles. The minimum Gasteiger partial charge on any atom is -0.386 e. The number of allylic oxidation sites excluding steroid dienone is 1. The lowest BCUT2D eigenvalue weighted by Gasteiger charge is -2.27. The Bertz CT molecular complexity index is 243. The maximum absolute atomic E-state index is 9.81. The molecular weight excluding hydrogens is 162 g/mol. The summed E-state index contributed by atoms with van der Waals surface area (Å²) in [4.78, 5) is 0. The predicted octanol–water partition coefficient (Wildman–Crippen LogP) is 2.17. The summed E-state index contributed by atoms with van der Waals surface area (Å²) in [5, 5.41) is 12.9. The molecule has 13 heavy (non-hydrogen) atoms. The largest absolute Gasteiger partial charge is 0.386 e. The van der Waals surface area contributed by atoms with Crippen LogP contribution in [0.15, 0.2) is 23.5 Å². The molecule has 1 heterocycles. The summed E-state index contributed by atoms with van der Waals surface area (Å²) in [6, 6.07) is 0. The third-order valence-corrected chi connectivity index (χ3v) is 2.45. The van der Waals surface area contributed by atoms with Crippen LogP contribution in [0.4, 0.5) is 0 Å².